The minimum Gasteiger partial charge on any atom is -0.389 e. The fraction of sp³-hybridized carbons (Fsp3) is 0.875. The minimum atomic E-state index is -1.21. The van der Waals surface area contributed by atoms with Crippen LogP contribution in [0.3, 0.4) is 0 Å². The summed E-state index contributed by atoms with van der Waals surface area (Å²) in [5.74, 6) is -0.397. The van der Waals surface area contributed by atoms with Gasteiger partial charge in [0.25, 0.3) is 0 Å². The molecule has 5 unspecified atom stereocenters. The quantitative estimate of drug-likeness (QED) is 0.333. The number of amides is 1. The van der Waals surface area contributed by atoms with Gasteiger partial charge in [0.2, 0.25) is 5.91 Å². The van der Waals surface area contributed by atoms with Crippen molar-refractivity contribution in [2.45, 2.75) is 37.4 Å². The first-order chi connectivity index (χ1) is 6.93. The molecule has 0 radical (unpaired) electrons. The van der Waals surface area contributed by atoms with Crippen LogP contribution in [0.2, 0.25) is 0 Å². The van der Waals surface area contributed by atoms with Crippen molar-refractivity contribution in [3.05, 3.63) is 0 Å². The molecule has 5 atom stereocenters. The van der Waals surface area contributed by atoms with E-state index in [1.807, 2.05) is 0 Å². The normalized spacial score (nSPS) is 38.5. The van der Waals surface area contributed by atoms with Gasteiger partial charge in [0.15, 0.2) is 6.29 Å². The number of aliphatic hydroxyl groups is 2. The van der Waals surface area contributed by atoms with Gasteiger partial charge < -0.3 is 31.7 Å². The predicted octanol–water partition coefficient (Wildman–Crippen LogP) is -3.14. The van der Waals surface area contributed by atoms with E-state index in [1.165, 1.54) is 6.92 Å². The second-order valence-electron chi connectivity index (χ2n) is 3.70. The maximum atomic E-state index is 11.2. The van der Waals surface area contributed by atoms with Crippen molar-refractivity contribution in [3.8, 4) is 0 Å². The predicted molar refractivity (Wildman–Crippen MR) is 51.5 cm³/mol. The van der Waals surface area contributed by atoms with Crippen molar-refractivity contribution in [1.29, 1.82) is 0 Å². The molecule has 7 nitrogen and oxygen atoms in total. The van der Waals surface area contributed by atoms with E-state index in [9.17, 15) is 9.90 Å². The first-order valence-corrected chi connectivity index (χ1v) is 4.72. The topological polar surface area (TPSA) is 131 Å². The largest absolute Gasteiger partial charge is 0.389 e. The van der Waals surface area contributed by atoms with Crippen LogP contribution < -0.4 is 16.8 Å². The Kier molecular flexibility index (Phi) is 4.00. The molecule has 0 aromatic rings. The van der Waals surface area contributed by atoms with Crippen molar-refractivity contribution in [3.63, 3.8) is 0 Å². The van der Waals surface area contributed by atoms with Gasteiger partial charge in [0, 0.05) is 0 Å². The van der Waals surface area contributed by atoms with Gasteiger partial charge in [-0.15, -0.1) is 0 Å². The van der Waals surface area contributed by atoms with Crippen LogP contribution in [0.5, 0.6) is 0 Å². The summed E-state index contributed by atoms with van der Waals surface area (Å²) in [6, 6.07) is -2.24. The summed E-state index contributed by atoms with van der Waals surface area (Å²) < 4.78 is 4.87. The Morgan fingerprint density at radius 3 is 2.73 bits per heavy atom. The molecule has 0 aromatic heterocycles. The average Bonchev–Trinajstić information content (AvgIpc) is 2.18. The second-order valence-corrected chi connectivity index (χ2v) is 3.70. The van der Waals surface area contributed by atoms with Crippen LogP contribution in [-0.4, -0.2) is 53.2 Å². The molecule has 1 fully saturated rings. The van der Waals surface area contributed by atoms with Crippen molar-refractivity contribution >= 4 is 5.91 Å². The summed E-state index contributed by atoms with van der Waals surface area (Å²) in [7, 11) is 0. The van der Waals surface area contributed by atoms with E-state index < -0.39 is 36.4 Å². The third-order valence-electron chi connectivity index (χ3n) is 2.32. The third kappa shape index (κ3) is 2.86. The van der Waals surface area contributed by atoms with Crippen LogP contribution in [0.4, 0.5) is 0 Å². The molecule has 1 rings (SSSR count). The van der Waals surface area contributed by atoms with E-state index in [2.05, 4.69) is 5.32 Å². The lowest BCUT2D eigenvalue weighted by atomic mass is 10.0. The first-order valence-electron chi connectivity index (χ1n) is 4.72. The van der Waals surface area contributed by atoms with Gasteiger partial charge in [-0.1, -0.05) is 0 Å². The summed E-state index contributed by atoms with van der Waals surface area (Å²) in [4.78, 5) is 11.2. The van der Waals surface area contributed by atoms with Crippen molar-refractivity contribution < 1.29 is 19.7 Å². The fourth-order valence-electron chi connectivity index (χ4n) is 1.29. The lowest BCUT2D eigenvalue weighted by Crippen LogP contribution is -2.63. The molecule has 0 spiro atoms. The number of nitrogens with one attached hydrogen (secondary N) is 1. The van der Waals surface area contributed by atoms with Crippen LogP contribution >= 0.6 is 0 Å². The highest BCUT2D eigenvalue weighted by atomic mass is 16.6. The summed E-state index contributed by atoms with van der Waals surface area (Å²) >= 11 is 0. The smallest absolute Gasteiger partial charge is 0.237 e. The average molecular weight is 219 g/mol. The van der Waals surface area contributed by atoms with Gasteiger partial charge in [-0.05, 0) is 6.92 Å². The highest BCUT2D eigenvalue weighted by molar-refractivity contribution is 5.81. The van der Waals surface area contributed by atoms with Crippen LogP contribution in [0, 0.1) is 0 Å². The molecular weight excluding hydrogens is 202 g/mol. The SMILES string of the molecule is CC(N)C(=O)NC1COC(O)C(N)C1O. The molecule has 1 amide bonds. The number of hydrogen-bond donors (Lipinski definition) is 5. The number of hydrogen-bond acceptors (Lipinski definition) is 6. The molecule has 0 aromatic carbocycles. The molecule has 0 aliphatic carbocycles. The molecule has 1 heterocycles. The van der Waals surface area contributed by atoms with Gasteiger partial charge in [-0.3, -0.25) is 4.79 Å². The number of nitrogens with two attached hydrogens (primary N) is 2. The van der Waals surface area contributed by atoms with Crippen LogP contribution in [0.25, 0.3) is 0 Å². The Balaban J connectivity index is 2.53. The summed E-state index contributed by atoms with van der Waals surface area (Å²) in [5.41, 5.74) is 10.8. The Morgan fingerprint density at radius 1 is 1.60 bits per heavy atom. The molecular formula is C8H17N3O4. The van der Waals surface area contributed by atoms with Gasteiger partial charge in [-0.2, -0.15) is 0 Å². The number of carbonyl (C=O) groups excluding carboxylic acids is 1. The molecule has 1 aliphatic heterocycles. The lowest BCUT2D eigenvalue weighted by molar-refractivity contribution is -0.178. The van der Waals surface area contributed by atoms with Crippen LogP contribution in [-0.2, 0) is 9.53 Å². The molecule has 1 saturated heterocycles. The lowest BCUT2D eigenvalue weighted by Gasteiger charge is -2.36. The molecule has 7 heteroatoms. The molecule has 7 N–H and O–H groups in total. The number of rotatable bonds is 2. The van der Waals surface area contributed by atoms with Gasteiger partial charge >= 0.3 is 0 Å². The zero-order valence-corrected chi connectivity index (χ0v) is 8.46. The molecule has 15 heavy (non-hydrogen) atoms. The Morgan fingerprint density at radius 2 is 2.20 bits per heavy atom. The third-order valence-corrected chi connectivity index (χ3v) is 2.32. The number of aliphatic hydroxyl groups excluding tert-OH is 2. The number of ether oxygens (including phenoxy) is 1. The van der Waals surface area contributed by atoms with Crippen molar-refractivity contribution in [2.24, 2.45) is 11.5 Å². The Hall–Kier alpha value is -0.730. The van der Waals surface area contributed by atoms with E-state index in [0.29, 0.717) is 0 Å². The maximum Gasteiger partial charge on any atom is 0.237 e. The summed E-state index contributed by atoms with van der Waals surface area (Å²) in [5, 5.41) is 21.3. The van der Waals surface area contributed by atoms with E-state index >= 15 is 0 Å². The fourth-order valence-corrected chi connectivity index (χ4v) is 1.29. The summed E-state index contributed by atoms with van der Waals surface area (Å²) in [6.07, 6.45) is -2.25. The first kappa shape index (κ1) is 12.3. The minimum absolute atomic E-state index is 0.00843. The molecule has 0 saturated carbocycles. The van der Waals surface area contributed by atoms with Crippen LogP contribution in [0.15, 0.2) is 0 Å². The Bertz CT molecular complexity index is 236. The van der Waals surface area contributed by atoms with E-state index in [1.54, 1.807) is 0 Å². The number of carbonyl (C=O) groups is 1. The van der Waals surface area contributed by atoms with E-state index in [-0.39, 0.29) is 6.61 Å². The highest BCUT2D eigenvalue weighted by Crippen LogP contribution is 2.11. The maximum absolute atomic E-state index is 11.2. The van der Waals surface area contributed by atoms with Crippen LogP contribution in [0.1, 0.15) is 6.92 Å². The zero-order valence-electron chi connectivity index (χ0n) is 8.46. The van der Waals surface area contributed by atoms with Crippen molar-refractivity contribution in [2.75, 3.05) is 6.61 Å². The van der Waals surface area contributed by atoms with Crippen molar-refractivity contribution in [1.82, 2.24) is 5.32 Å². The molecule has 88 valence electrons. The van der Waals surface area contributed by atoms with Gasteiger partial charge in [0.05, 0.1) is 30.8 Å². The molecule has 1 aliphatic rings. The summed E-state index contributed by atoms with van der Waals surface area (Å²) in [6.45, 7) is 1.54. The second kappa shape index (κ2) is 4.86. The standard InChI is InChI=1S/C8H17N3O4/c1-3(9)7(13)11-4-2-15-8(14)5(10)6(4)12/h3-6,8,12,14H,2,9-10H2,1H3,(H,11,13). The van der Waals surface area contributed by atoms with E-state index in [4.69, 9.17) is 21.3 Å². The molecule has 0 bridgehead atoms. The Labute approximate surface area is 87.4 Å². The zero-order chi connectivity index (χ0) is 11.6. The van der Waals surface area contributed by atoms with Gasteiger partial charge in [0.1, 0.15) is 0 Å². The highest BCUT2D eigenvalue weighted by Gasteiger charge is 2.37. The van der Waals surface area contributed by atoms with E-state index in [0.717, 1.165) is 0 Å². The monoisotopic (exact) mass is 219 g/mol. The van der Waals surface area contributed by atoms with Gasteiger partial charge in [-0.25, -0.2) is 0 Å².